The Labute approximate surface area is 142 Å². The smallest absolute Gasteiger partial charge is 0.191 e. The molecule has 2 N–H and O–H groups in total. The zero-order chi connectivity index (χ0) is 16.6. The molecule has 128 valence electrons. The lowest BCUT2D eigenvalue weighted by molar-refractivity contribution is 0.296. The number of fused-ring (bicyclic) bond motifs is 1. The van der Waals surface area contributed by atoms with Crippen LogP contribution in [-0.2, 0) is 13.1 Å². The molecule has 1 aromatic carbocycles. The average Bonchev–Trinajstić information content (AvgIpc) is 3.00. The summed E-state index contributed by atoms with van der Waals surface area (Å²) < 4.78 is 13.7. The topological polar surface area (TPSA) is 59.8 Å². The Morgan fingerprint density at radius 2 is 1.96 bits per heavy atom. The zero-order valence-electron chi connectivity index (χ0n) is 14.0. The van der Waals surface area contributed by atoms with Crippen molar-refractivity contribution in [3.8, 4) is 11.5 Å². The summed E-state index contributed by atoms with van der Waals surface area (Å²) >= 11 is 0. The van der Waals surface area contributed by atoms with E-state index in [9.17, 15) is 0 Å². The van der Waals surface area contributed by atoms with Crippen LogP contribution in [0.4, 0.5) is 0 Å². The van der Waals surface area contributed by atoms with Crippen molar-refractivity contribution in [2.24, 2.45) is 4.99 Å². The molecule has 6 heteroatoms. The number of rotatable bonds is 5. The second-order valence-electron chi connectivity index (χ2n) is 5.57. The molecular formula is C18H24N4O2. The number of guanidine groups is 1. The Bertz CT molecular complexity index is 668. The molecule has 24 heavy (non-hydrogen) atoms. The lowest BCUT2D eigenvalue weighted by Crippen LogP contribution is -2.38. The van der Waals surface area contributed by atoms with Gasteiger partial charge in [-0.05, 0) is 18.2 Å². The van der Waals surface area contributed by atoms with Crippen molar-refractivity contribution in [3.63, 3.8) is 0 Å². The number of hydrogen-bond donors (Lipinski definition) is 2. The Morgan fingerprint density at radius 3 is 2.79 bits per heavy atom. The largest absolute Gasteiger partial charge is 0.490 e. The summed E-state index contributed by atoms with van der Waals surface area (Å²) in [6.45, 7) is 3.72. The minimum atomic E-state index is 0.635. The number of para-hydroxylation sites is 1. The van der Waals surface area contributed by atoms with Gasteiger partial charge in [0.25, 0.3) is 0 Å². The maximum Gasteiger partial charge on any atom is 0.191 e. The van der Waals surface area contributed by atoms with Gasteiger partial charge in [0.2, 0.25) is 0 Å². The van der Waals surface area contributed by atoms with E-state index < -0.39 is 0 Å². The summed E-state index contributed by atoms with van der Waals surface area (Å²) in [4.78, 5) is 4.27. The molecule has 2 aromatic rings. The lowest BCUT2D eigenvalue weighted by atomic mass is 10.2. The number of nitrogens with one attached hydrogen (secondary N) is 2. The van der Waals surface area contributed by atoms with Crippen LogP contribution in [0.1, 0.15) is 12.0 Å². The fourth-order valence-corrected chi connectivity index (χ4v) is 2.62. The third-order valence-corrected chi connectivity index (χ3v) is 3.85. The maximum absolute atomic E-state index is 5.85. The van der Waals surface area contributed by atoms with Gasteiger partial charge in [0.15, 0.2) is 17.5 Å². The van der Waals surface area contributed by atoms with Crippen molar-refractivity contribution in [2.75, 3.05) is 26.8 Å². The number of aromatic nitrogens is 1. The van der Waals surface area contributed by atoms with Gasteiger partial charge in [0.05, 0.1) is 13.2 Å². The van der Waals surface area contributed by atoms with Crippen molar-refractivity contribution < 1.29 is 9.47 Å². The first-order valence-electron chi connectivity index (χ1n) is 8.29. The molecule has 0 aliphatic carbocycles. The van der Waals surface area contributed by atoms with E-state index >= 15 is 0 Å². The van der Waals surface area contributed by atoms with Crippen LogP contribution in [-0.4, -0.2) is 37.3 Å². The molecule has 6 nitrogen and oxygen atoms in total. The summed E-state index contributed by atoms with van der Waals surface area (Å²) in [5.74, 6) is 2.43. The SMILES string of the molecule is CN=C(NCCn1cccc1)NCc1cccc2c1OCCCO2. The molecule has 0 unspecified atom stereocenters. The fourth-order valence-electron chi connectivity index (χ4n) is 2.62. The highest BCUT2D eigenvalue weighted by Gasteiger charge is 2.14. The molecule has 3 rings (SSSR count). The molecule has 1 aliphatic rings. The van der Waals surface area contributed by atoms with E-state index in [-0.39, 0.29) is 0 Å². The van der Waals surface area contributed by atoms with Crippen LogP contribution in [0, 0.1) is 0 Å². The van der Waals surface area contributed by atoms with E-state index in [1.54, 1.807) is 7.05 Å². The first-order chi connectivity index (χ1) is 11.9. The van der Waals surface area contributed by atoms with Gasteiger partial charge in [0, 0.05) is 51.1 Å². The van der Waals surface area contributed by atoms with E-state index in [2.05, 4.69) is 32.6 Å². The van der Waals surface area contributed by atoms with Gasteiger partial charge in [-0.25, -0.2) is 0 Å². The first-order valence-corrected chi connectivity index (χ1v) is 8.29. The summed E-state index contributed by atoms with van der Waals surface area (Å²) in [7, 11) is 1.77. The molecule has 0 amide bonds. The molecule has 0 bridgehead atoms. The highest BCUT2D eigenvalue weighted by molar-refractivity contribution is 5.79. The van der Waals surface area contributed by atoms with Crippen molar-refractivity contribution in [3.05, 3.63) is 48.3 Å². The highest BCUT2D eigenvalue weighted by Crippen LogP contribution is 2.33. The number of ether oxygens (including phenoxy) is 2. The molecule has 0 atom stereocenters. The molecule has 1 aliphatic heterocycles. The van der Waals surface area contributed by atoms with Crippen LogP contribution in [0.2, 0.25) is 0 Å². The van der Waals surface area contributed by atoms with Crippen LogP contribution < -0.4 is 20.1 Å². The monoisotopic (exact) mass is 328 g/mol. The molecular weight excluding hydrogens is 304 g/mol. The first kappa shape index (κ1) is 16.2. The van der Waals surface area contributed by atoms with E-state index in [0.29, 0.717) is 19.8 Å². The second-order valence-corrected chi connectivity index (χ2v) is 5.57. The third-order valence-electron chi connectivity index (χ3n) is 3.85. The Hall–Kier alpha value is -2.63. The average molecular weight is 328 g/mol. The Morgan fingerprint density at radius 1 is 1.12 bits per heavy atom. The summed E-state index contributed by atoms with van der Waals surface area (Å²) in [6.07, 6.45) is 5.01. The standard InChI is InChI=1S/C18H24N4O2/c1-19-18(20-8-11-22-9-2-3-10-22)21-14-15-6-4-7-16-17(15)24-13-5-12-23-16/h2-4,6-7,9-10H,5,8,11-14H2,1H3,(H2,19,20,21). The second kappa shape index (κ2) is 8.29. The minimum Gasteiger partial charge on any atom is -0.490 e. The number of benzene rings is 1. The van der Waals surface area contributed by atoms with Crippen molar-refractivity contribution in [1.29, 1.82) is 0 Å². The number of hydrogen-bond acceptors (Lipinski definition) is 3. The quantitative estimate of drug-likeness (QED) is 0.651. The Kier molecular flexibility index (Phi) is 5.61. The van der Waals surface area contributed by atoms with E-state index in [4.69, 9.17) is 9.47 Å². The van der Waals surface area contributed by atoms with Gasteiger partial charge in [-0.15, -0.1) is 0 Å². The van der Waals surface area contributed by atoms with Crippen LogP contribution in [0.25, 0.3) is 0 Å². The molecule has 0 saturated heterocycles. The molecule has 0 fully saturated rings. The van der Waals surface area contributed by atoms with Gasteiger partial charge >= 0.3 is 0 Å². The molecule has 0 radical (unpaired) electrons. The molecule has 0 spiro atoms. The predicted molar refractivity (Wildman–Crippen MR) is 94.7 cm³/mol. The van der Waals surface area contributed by atoms with Crippen molar-refractivity contribution in [2.45, 2.75) is 19.5 Å². The lowest BCUT2D eigenvalue weighted by Gasteiger charge is -2.15. The highest BCUT2D eigenvalue weighted by atomic mass is 16.5. The summed E-state index contributed by atoms with van der Waals surface area (Å²) in [5, 5.41) is 6.65. The van der Waals surface area contributed by atoms with Crippen LogP contribution in [0.5, 0.6) is 11.5 Å². The van der Waals surface area contributed by atoms with Gasteiger partial charge in [-0.2, -0.15) is 0 Å². The Balaban J connectivity index is 1.54. The van der Waals surface area contributed by atoms with Gasteiger partial charge < -0.3 is 24.7 Å². The van der Waals surface area contributed by atoms with Crippen LogP contribution in [0.15, 0.2) is 47.7 Å². The summed E-state index contributed by atoms with van der Waals surface area (Å²) in [5.41, 5.74) is 1.07. The molecule has 0 saturated carbocycles. The minimum absolute atomic E-state index is 0.635. The van der Waals surface area contributed by atoms with Gasteiger partial charge in [-0.1, -0.05) is 12.1 Å². The van der Waals surface area contributed by atoms with Crippen LogP contribution >= 0.6 is 0 Å². The van der Waals surface area contributed by atoms with Crippen LogP contribution in [0.3, 0.4) is 0 Å². The van der Waals surface area contributed by atoms with Crippen molar-refractivity contribution >= 4 is 5.96 Å². The van der Waals surface area contributed by atoms with E-state index in [1.165, 1.54) is 0 Å². The van der Waals surface area contributed by atoms with E-state index in [1.807, 2.05) is 30.3 Å². The maximum atomic E-state index is 5.85. The number of aliphatic imine (C=N–C) groups is 1. The van der Waals surface area contributed by atoms with Gasteiger partial charge in [-0.3, -0.25) is 4.99 Å². The fraction of sp³-hybridized carbons (Fsp3) is 0.389. The van der Waals surface area contributed by atoms with Crippen molar-refractivity contribution in [1.82, 2.24) is 15.2 Å². The predicted octanol–water partition coefficient (Wildman–Crippen LogP) is 2.01. The normalized spacial score (nSPS) is 14.1. The summed E-state index contributed by atoms with van der Waals surface area (Å²) in [6, 6.07) is 10.0. The van der Waals surface area contributed by atoms with Gasteiger partial charge in [0.1, 0.15) is 0 Å². The molecule has 1 aromatic heterocycles. The van der Waals surface area contributed by atoms with E-state index in [0.717, 1.165) is 42.5 Å². The zero-order valence-corrected chi connectivity index (χ0v) is 14.0. The third kappa shape index (κ3) is 4.22. The molecule has 2 heterocycles. The number of nitrogens with zero attached hydrogens (tertiary/aromatic N) is 2.